The fourth-order valence-corrected chi connectivity index (χ4v) is 2.00. The minimum absolute atomic E-state index is 0.345. The van der Waals surface area contributed by atoms with Crippen molar-refractivity contribution >= 4 is 5.97 Å². The number of β-amino-alcohol motifs (C(OH)–C–C–N with tert-alkyl or cyclic N) is 1. The number of aliphatic hydroxyl groups is 1. The number of piperidine rings is 1. The molecule has 0 amide bonds. The summed E-state index contributed by atoms with van der Waals surface area (Å²) in [5.41, 5.74) is 0. The van der Waals surface area contributed by atoms with Crippen molar-refractivity contribution in [2.45, 2.75) is 44.8 Å². The summed E-state index contributed by atoms with van der Waals surface area (Å²) in [5.74, 6) is -0.763. The van der Waals surface area contributed by atoms with Crippen LogP contribution in [0.4, 0.5) is 0 Å². The van der Waals surface area contributed by atoms with Crippen molar-refractivity contribution in [1.29, 1.82) is 0 Å². The van der Waals surface area contributed by atoms with Crippen LogP contribution in [0.1, 0.15) is 32.6 Å². The molecule has 1 rings (SSSR count). The lowest BCUT2D eigenvalue weighted by atomic mass is 10.0. The molecule has 82 valence electrons. The van der Waals surface area contributed by atoms with Gasteiger partial charge in [-0.2, -0.15) is 0 Å². The third-order valence-electron chi connectivity index (χ3n) is 2.72. The highest BCUT2D eigenvalue weighted by atomic mass is 16.4. The van der Waals surface area contributed by atoms with Gasteiger partial charge in [-0.25, -0.2) is 0 Å². The number of carbonyl (C=O) groups is 1. The summed E-state index contributed by atoms with van der Waals surface area (Å²) in [6.07, 6.45) is 2.89. The molecule has 1 fully saturated rings. The lowest BCUT2D eigenvalue weighted by Gasteiger charge is -2.34. The molecular formula is C10H19NO3. The molecule has 4 nitrogen and oxygen atoms in total. The van der Waals surface area contributed by atoms with E-state index in [4.69, 9.17) is 5.11 Å². The highest BCUT2D eigenvalue weighted by molar-refractivity contribution is 5.73. The third kappa shape index (κ3) is 2.96. The molecule has 2 atom stereocenters. The maximum Gasteiger partial charge on any atom is 0.320 e. The molecule has 1 aliphatic heterocycles. The van der Waals surface area contributed by atoms with E-state index in [0.717, 1.165) is 25.8 Å². The molecule has 1 heterocycles. The minimum Gasteiger partial charge on any atom is -0.480 e. The van der Waals surface area contributed by atoms with Crippen LogP contribution in [0, 0.1) is 0 Å². The predicted octanol–water partition coefficient (Wildman–Crippen LogP) is 0.696. The average Bonchev–Trinajstić information content (AvgIpc) is 2.13. The molecule has 1 aliphatic rings. The molecule has 0 aliphatic carbocycles. The Morgan fingerprint density at radius 1 is 1.64 bits per heavy atom. The quantitative estimate of drug-likeness (QED) is 0.702. The smallest absolute Gasteiger partial charge is 0.320 e. The Morgan fingerprint density at radius 2 is 2.36 bits per heavy atom. The van der Waals surface area contributed by atoms with Gasteiger partial charge in [-0.15, -0.1) is 0 Å². The van der Waals surface area contributed by atoms with Gasteiger partial charge in [-0.05, 0) is 25.8 Å². The molecule has 0 bridgehead atoms. The van der Waals surface area contributed by atoms with Crippen LogP contribution in [-0.2, 0) is 4.79 Å². The van der Waals surface area contributed by atoms with Gasteiger partial charge < -0.3 is 10.2 Å². The van der Waals surface area contributed by atoms with Crippen LogP contribution in [0.5, 0.6) is 0 Å². The Labute approximate surface area is 84.5 Å². The number of aliphatic carboxylic acids is 1. The zero-order chi connectivity index (χ0) is 10.6. The Kier molecular flexibility index (Phi) is 4.35. The summed E-state index contributed by atoms with van der Waals surface area (Å²) in [6, 6.07) is -0.407. The molecule has 4 heteroatoms. The maximum atomic E-state index is 11.0. The molecule has 1 saturated heterocycles. The van der Waals surface area contributed by atoms with Crippen LogP contribution in [0.2, 0.25) is 0 Å². The Balaban J connectivity index is 2.53. The van der Waals surface area contributed by atoms with Crippen molar-refractivity contribution in [2.24, 2.45) is 0 Å². The number of carboxylic acids is 1. The standard InChI is InChI=1S/C10H19NO3/c1-2-4-9(10(13)14)11-6-3-5-8(12)7-11/h8-9,12H,2-7H2,1H3,(H,13,14)/t8-,9?/m0/s1. The predicted molar refractivity (Wildman–Crippen MR) is 53.1 cm³/mol. The van der Waals surface area contributed by atoms with Crippen molar-refractivity contribution in [2.75, 3.05) is 13.1 Å². The zero-order valence-corrected chi connectivity index (χ0v) is 8.65. The molecule has 0 radical (unpaired) electrons. The number of nitrogens with zero attached hydrogens (tertiary/aromatic N) is 1. The highest BCUT2D eigenvalue weighted by Crippen LogP contribution is 2.16. The number of aliphatic hydroxyl groups excluding tert-OH is 1. The fourth-order valence-electron chi connectivity index (χ4n) is 2.00. The van der Waals surface area contributed by atoms with Gasteiger partial charge in [0.25, 0.3) is 0 Å². The van der Waals surface area contributed by atoms with Gasteiger partial charge in [0.15, 0.2) is 0 Å². The number of rotatable bonds is 4. The zero-order valence-electron chi connectivity index (χ0n) is 8.65. The lowest BCUT2D eigenvalue weighted by Crippen LogP contribution is -2.48. The topological polar surface area (TPSA) is 60.8 Å². The summed E-state index contributed by atoms with van der Waals surface area (Å²) in [4.78, 5) is 12.9. The molecule has 0 saturated carbocycles. The number of hydrogen-bond donors (Lipinski definition) is 2. The monoisotopic (exact) mass is 201 g/mol. The molecule has 0 aromatic rings. The average molecular weight is 201 g/mol. The van der Waals surface area contributed by atoms with Crippen LogP contribution in [0.25, 0.3) is 0 Å². The van der Waals surface area contributed by atoms with E-state index in [1.54, 1.807) is 0 Å². The second-order valence-corrected chi connectivity index (χ2v) is 3.93. The van der Waals surface area contributed by atoms with E-state index in [9.17, 15) is 9.90 Å². The van der Waals surface area contributed by atoms with E-state index in [-0.39, 0.29) is 6.10 Å². The number of likely N-dealkylation sites (tertiary alicyclic amines) is 1. The molecule has 0 aromatic carbocycles. The fraction of sp³-hybridized carbons (Fsp3) is 0.900. The van der Waals surface area contributed by atoms with Gasteiger partial charge >= 0.3 is 5.97 Å². The third-order valence-corrected chi connectivity index (χ3v) is 2.72. The Morgan fingerprint density at radius 3 is 2.86 bits per heavy atom. The normalized spacial score (nSPS) is 26.0. The van der Waals surface area contributed by atoms with Gasteiger partial charge in [0.1, 0.15) is 6.04 Å². The SMILES string of the molecule is CCCC(C(=O)O)N1CCC[C@H](O)C1. The Bertz CT molecular complexity index is 196. The van der Waals surface area contributed by atoms with Gasteiger partial charge in [0.2, 0.25) is 0 Å². The molecular weight excluding hydrogens is 182 g/mol. The van der Waals surface area contributed by atoms with E-state index < -0.39 is 12.0 Å². The number of hydrogen-bond acceptors (Lipinski definition) is 3. The van der Waals surface area contributed by atoms with E-state index in [1.807, 2.05) is 11.8 Å². The molecule has 0 spiro atoms. The molecule has 0 aromatic heterocycles. The van der Waals surface area contributed by atoms with Crippen LogP contribution < -0.4 is 0 Å². The van der Waals surface area contributed by atoms with Crippen molar-refractivity contribution < 1.29 is 15.0 Å². The first-order valence-corrected chi connectivity index (χ1v) is 5.30. The first-order chi connectivity index (χ1) is 6.65. The second kappa shape index (κ2) is 5.32. The largest absolute Gasteiger partial charge is 0.480 e. The maximum absolute atomic E-state index is 11.0. The van der Waals surface area contributed by atoms with E-state index in [1.165, 1.54) is 0 Å². The molecule has 1 unspecified atom stereocenters. The van der Waals surface area contributed by atoms with Crippen molar-refractivity contribution in [3.8, 4) is 0 Å². The first-order valence-electron chi connectivity index (χ1n) is 5.30. The molecule has 14 heavy (non-hydrogen) atoms. The lowest BCUT2D eigenvalue weighted by molar-refractivity contribution is -0.144. The van der Waals surface area contributed by atoms with Crippen molar-refractivity contribution in [3.63, 3.8) is 0 Å². The number of carboxylic acid groups (broad SMARTS) is 1. The van der Waals surface area contributed by atoms with Crippen molar-refractivity contribution in [1.82, 2.24) is 4.90 Å². The summed E-state index contributed by atoms with van der Waals surface area (Å²) < 4.78 is 0. The summed E-state index contributed by atoms with van der Waals surface area (Å²) in [7, 11) is 0. The minimum atomic E-state index is -0.763. The van der Waals surface area contributed by atoms with Crippen LogP contribution >= 0.6 is 0 Å². The molecule has 2 N–H and O–H groups in total. The van der Waals surface area contributed by atoms with E-state index in [0.29, 0.717) is 13.0 Å². The Hall–Kier alpha value is -0.610. The van der Waals surface area contributed by atoms with Crippen LogP contribution in [0.3, 0.4) is 0 Å². The summed E-state index contributed by atoms with van der Waals surface area (Å²) in [6.45, 7) is 3.29. The van der Waals surface area contributed by atoms with E-state index in [2.05, 4.69) is 0 Å². The highest BCUT2D eigenvalue weighted by Gasteiger charge is 2.28. The van der Waals surface area contributed by atoms with Gasteiger partial charge in [0.05, 0.1) is 6.10 Å². The van der Waals surface area contributed by atoms with Crippen LogP contribution in [-0.4, -0.2) is 46.3 Å². The first kappa shape index (κ1) is 11.5. The summed E-state index contributed by atoms with van der Waals surface area (Å²) >= 11 is 0. The van der Waals surface area contributed by atoms with Crippen molar-refractivity contribution in [3.05, 3.63) is 0 Å². The van der Waals surface area contributed by atoms with E-state index >= 15 is 0 Å². The summed E-state index contributed by atoms with van der Waals surface area (Å²) in [5, 5.41) is 18.5. The van der Waals surface area contributed by atoms with Gasteiger partial charge in [-0.1, -0.05) is 13.3 Å². The van der Waals surface area contributed by atoms with Crippen LogP contribution in [0.15, 0.2) is 0 Å². The van der Waals surface area contributed by atoms with Gasteiger partial charge in [-0.3, -0.25) is 9.69 Å². The van der Waals surface area contributed by atoms with Gasteiger partial charge in [0, 0.05) is 6.54 Å². The second-order valence-electron chi connectivity index (χ2n) is 3.93.